The molecule has 53 heavy (non-hydrogen) atoms. The van der Waals surface area contributed by atoms with Crippen molar-refractivity contribution in [2.45, 2.75) is 32.5 Å². The average Bonchev–Trinajstić information content (AvgIpc) is 3.47. The summed E-state index contributed by atoms with van der Waals surface area (Å²) in [7, 11) is 1.71. The first-order valence-corrected chi connectivity index (χ1v) is 17.6. The van der Waals surface area contributed by atoms with E-state index in [1.807, 2.05) is 18.2 Å². The summed E-state index contributed by atoms with van der Waals surface area (Å²) in [5.41, 5.74) is 4.97. The van der Waals surface area contributed by atoms with Gasteiger partial charge < -0.3 is 24.2 Å². The highest BCUT2D eigenvalue weighted by molar-refractivity contribution is 6.08. The molecule has 2 aliphatic rings. The molecule has 270 valence electrons. The standard InChI is InChI=1S/C42H39F2N5O4/c1-27-35(41(51)48(32-11-13-34(50)14-12-32)25-31-10-6-4-8-29(31)23-45)22-40(46(27)2)36-20-38(43)39(44)21-37(36)42(52)49-24-30-9-5-3-7-28(30)19-33(49)26-47-15-17-53-18-16-47/h3-14,20-22,33,50H,15-19,24-26H2,1-2H3/t33-/m0/s1. The highest BCUT2D eigenvalue weighted by Crippen LogP contribution is 2.35. The highest BCUT2D eigenvalue weighted by Gasteiger charge is 2.34. The minimum atomic E-state index is -1.14. The zero-order chi connectivity index (χ0) is 37.2. The van der Waals surface area contributed by atoms with Gasteiger partial charge in [-0.1, -0.05) is 42.5 Å². The molecule has 3 heterocycles. The van der Waals surface area contributed by atoms with Crippen molar-refractivity contribution in [2.24, 2.45) is 7.05 Å². The number of phenolic OH excluding ortho intramolecular Hbond substituents is 1. The molecule has 0 aliphatic carbocycles. The van der Waals surface area contributed by atoms with Crippen LogP contribution in [0.3, 0.4) is 0 Å². The van der Waals surface area contributed by atoms with Crippen LogP contribution in [-0.2, 0) is 31.3 Å². The van der Waals surface area contributed by atoms with Gasteiger partial charge in [-0.25, -0.2) is 8.78 Å². The number of hydrogen-bond donors (Lipinski definition) is 1. The van der Waals surface area contributed by atoms with Gasteiger partial charge in [-0.05, 0) is 78.6 Å². The number of phenols is 1. The number of carbonyl (C=O) groups is 2. The van der Waals surface area contributed by atoms with E-state index in [4.69, 9.17) is 4.74 Å². The van der Waals surface area contributed by atoms with Gasteiger partial charge in [-0.2, -0.15) is 5.26 Å². The lowest BCUT2D eigenvalue weighted by atomic mass is 9.92. The maximum Gasteiger partial charge on any atom is 0.260 e. The second-order valence-electron chi connectivity index (χ2n) is 13.5. The Morgan fingerprint density at radius 2 is 1.60 bits per heavy atom. The van der Waals surface area contributed by atoms with Crippen molar-refractivity contribution in [3.63, 3.8) is 0 Å². The van der Waals surface area contributed by atoms with Crippen molar-refractivity contribution in [1.29, 1.82) is 5.26 Å². The fourth-order valence-corrected chi connectivity index (χ4v) is 7.33. The van der Waals surface area contributed by atoms with E-state index in [1.165, 1.54) is 17.0 Å². The number of halogens is 2. The number of nitriles is 1. The summed E-state index contributed by atoms with van der Waals surface area (Å²) >= 11 is 0. The molecular formula is C42H39F2N5O4. The fraction of sp³-hybridized carbons (Fsp3) is 0.262. The van der Waals surface area contributed by atoms with Crippen LogP contribution in [0.1, 0.15) is 48.7 Å². The van der Waals surface area contributed by atoms with Crippen LogP contribution >= 0.6 is 0 Å². The molecule has 4 aromatic carbocycles. The second-order valence-corrected chi connectivity index (χ2v) is 13.5. The first kappa shape index (κ1) is 35.6. The van der Waals surface area contributed by atoms with Gasteiger partial charge in [-0.3, -0.25) is 14.5 Å². The number of carbonyl (C=O) groups excluding carboxylic acids is 2. The molecule has 11 heteroatoms. The predicted molar refractivity (Wildman–Crippen MR) is 196 cm³/mol. The van der Waals surface area contributed by atoms with Crippen LogP contribution in [0.2, 0.25) is 0 Å². The Morgan fingerprint density at radius 3 is 2.34 bits per heavy atom. The largest absolute Gasteiger partial charge is 0.508 e. The molecule has 0 unspecified atom stereocenters. The van der Waals surface area contributed by atoms with Crippen molar-refractivity contribution in [1.82, 2.24) is 14.4 Å². The van der Waals surface area contributed by atoms with Gasteiger partial charge in [0.25, 0.3) is 11.8 Å². The third-order valence-electron chi connectivity index (χ3n) is 10.4. The number of aromatic hydroxyl groups is 1. The van der Waals surface area contributed by atoms with Crippen LogP contribution in [0.5, 0.6) is 5.75 Å². The molecule has 1 N–H and O–H groups in total. The van der Waals surface area contributed by atoms with E-state index in [0.717, 1.165) is 36.3 Å². The normalized spacial score (nSPS) is 15.8. The first-order chi connectivity index (χ1) is 25.6. The Hall–Kier alpha value is -5.83. The molecule has 0 radical (unpaired) electrons. The maximum absolute atomic E-state index is 15.2. The zero-order valence-corrected chi connectivity index (χ0v) is 29.6. The van der Waals surface area contributed by atoms with Gasteiger partial charge in [0.05, 0.1) is 42.5 Å². The number of hydrogen-bond acceptors (Lipinski definition) is 6. The Balaban J connectivity index is 1.28. The SMILES string of the molecule is Cc1c(C(=O)N(Cc2ccccc2C#N)c2ccc(O)cc2)cc(-c2cc(F)c(F)cc2C(=O)N2Cc3ccccc3C[C@H]2CN2CCOCC2)n1C. The lowest BCUT2D eigenvalue weighted by Gasteiger charge is -2.40. The zero-order valence-electron chi connectivity index (χ0n) is 29.6. The van der Waals surface area contributed by atoms with E-state index in [2.05, 4.69) is 17.0 Å². The van der Waals surface area contributed by atoms with Gasteiger partial charge in [0.1, 0.15) is 5.75 Å². The number of amides is 2. The topological polar surface area (TPSA) is 102 Å². The maximum atomic E-state index is 15.2. The molecule has 7 rings (SSSR count). The first-order valence-electron chi connectivity index (χ1n) is 17.6. The number of rotatable bonds is 8. The third kappa shape index (κ3) is 7.16. The van der Waals surface area contributed by atoms with Crippen molar-refractivity contribution >= 4 is 17.5 Å². The van der Waals surface area contributed by atoms with E-state index in [1.54, 1.807) is 65.9 Å². The third-order valence-corrected chi connectivity index (χ3v) is 10.4. The molecule has 5 aromatic rings. The summed E-state index contributed by atoms with van der Waals surface area (Å²) in [5, 5.41) is 19.8. The van der Waals surface area contributed by atoms with Crippen LogP contribution in [0.25, 0.3) is 11.3 Å². The predicted octanol–water partition coefficient (Wildman–Crippen LogP) is 6.60. The number of ether oxygens (including phenoxy) is 1. The summed E-state index contributed by atoms with van der Waals surface area (Å²) in [5.74, 6) is -3.09. The quantitative estimate of drug-likeness (QED) is 0.194. The Labute approximate surface area is 306 Å². The monoisotopic (exact) mass is 715 g/mol. The number of nitrogens with zero attached hydrogens (tertiary/aromatic N) is 5. The molecule has 9 nitrogen and oxygen atoms in total. The lowest BCUT2D eigenvalue weighted by Crippen LogP contribution is -2.52. The van der Waals surface area contributed by atoms with Gasteiger partial charge in [0.15, 0.2) is 11.6 Å². The molecule has 2 aliphatic heterocycles. The van der Waals surface area contributed by atoms with E-state index < -0.39 is 23.4 Å². The molecule has 1 aromatic heterocycles. The number of fused-ring (bicyclic) bond motifs is 1. The molecule has 1 saturated heterocycles. The van der Waals surface area contributed by atoms with Crippen LogP contribution in [0.15, 0.2) is 91.0 Å². The highest BCUT2D eigenvalue weighted by atomic mass is 19.2. The van der Waals surface area contributed by atoms with Crippen LogP contribution in [0, 0.1) is 29.9 Å². The molecule has 0 spiro atoms. The van der Waals surface area contributed by atoms with Gasteiger partial charge in [0.2, 0.25) is 0 Å². The molecule has 0 saturated carbocycles. The number of benzene rings is 4. The van der Waals surface area contributed by atoms with Gasteiger partial charge >= 0.3 is 0 Å². The van der Waals surface area contributed by atoms with Crippen molar-refractivity contribution < 1.29 is 28.2 Å². The fourth-order valence-electron chi connectivity index (χ4n) is 7.33. The van der Waals surface area contributed by atoms with Gasteiger partial charge in [-0.15, -0.1) is 0 Å². The number of anilines is 1. The Bertz CT molecular complexity index is 2220. The van der Waals surface area contributed by atoms with Crippen LogP contribution in [-0.4, -0.2) is 70.2 Å². The molecule has 1 fully saturated rings. The van der Waals surface area contributed by atoms with Crippen LogP contribution in [0.4, 0.5) is 14.5 Å². The van der Waals surface area contributed by atoms with E-state index >= 15 is 8.78 Å². The minimum Gasteiger partial charge on any atom is -0.508 e. The smallest absolute Gasteiger partial charge is 0.260 e. The second kappa shape index (κ2) is 15.0. The minimum absolute atomic E-state index is 0.00630. The Kier molecular flexibility index (Phi) is 10.1. The van der Waals surface area contributed by atoms with Crippen molar-refractivity contribution in [2.75, 3.05) is 37.7 Å². The summed E-state index contributed by atoms with van der Waals surface area (Å²) in [6.45, 7) is 5.39. The number of aromatic nitrogens is 1. The molecule has 2 amide bonds. The van der Waals surface area contributed by atoms with E-state index in [0.29, 0.717) is 60.9 Å². The molecular weight excluding hydrogens is 676 g/mol. The van der Waals surface area contributed by atoms with Crippen LogP contribution < -0.4 is 4.90 Å². The number of morpholine rings is 1. The van der Waals surface area contributed by atoms with Crippen molar-refractivity contribution in [3.8, 4) is 23.1 Å². The summed E-state index contributed by atoms with van der Waals surface area (Å²) < 4.78 is 37.6. The van der Waals surface area contributed by atoms with Crippen molar-refractivity contribution in [3.05, 3.63) is 142 Å². The molecule has 0 bridgehead atoms. The van der Waals surface area contributed by atoms with E-state index in [-0.39, 0.29) is 35.0 Å². The summed E-state index contributed by atoms with van der Waals surface area (Å²) in [4.78, 5) is 34.8. The Morgan fingerprint density at radius 1 is 0.925 bits per heavy atom. The summed E-state index contributed by atoms with van der Waals surface area (Å²) in [6, 6.07) is 26.7. The average molecular weight is 716 g/mol. The van der Waals surface area contributed by atoms with E-state index in [9.17, 15) is 20.0 Å². The molecule has 1 atom stereocenters. The summed E-state index contributed by atoms with van der Waals surface area (Å²) in [6.07, 6.45) is 0.613. The van der Waals surface area contributed by atoms with Gasteiger partial charge in [0, 0.05) is 61.9 Å². The lowest BCUT2D eigenvalue weighted by molar-refractivity contribution is 0.0193.